The zero-order valence-corrected chi connectivity index (χ0v) is 19.4. The predicted octanol–water partition coefficient (Wildman–Crippen LogP) is 4.70. The fourth-order valence-electron chi connectivity index (χ4n) is 4.27. The van der Waals surface area contributed by atoms with Crippen molar-refractivity contribution in [1.29, 1.82) is 0 Å². The van der Waals surface area contributed by atoms with E-state index >= 15 is 4.39 Å². The zero-order valence-electron chi connectivity index (χ0n) is 19.4. The molecule has 1 aromatic carbocycles. The van der Waals surface area contributed by atoms with Crippen LogP contribution in [0.2, 0.25) is 0 Å². The molecule has 2 fully saturated rings. The van der Waals surface area contributed by atoms with Gasteiger partial charge in [-0.25, -0.2) is 8.78 Å². The summed E-state index contributed by atoms with van der Waals surface area (Å²) in [5, 5.41) is 7.34. The quantitative estimate of drug-likeness (QED) is 0.409. The summed E-state index contributed by atoms with van der Waals surface area (Å²) >= 11 is 0. The molecule has 2 N–H and O–H groups in total. The fourth-order valence-corrected chi connectivity index (χ4v) is 4.27. The van der Waals surface area contributed by atoms with Crippen molar-refractivity contribution in [2.75, 3.05) is 43.4 Å². The highest BCUT2D eigenvalue weighted by molar-refractivity contribution is 5.83. The number of nitrogens with zero attached hydrogens (tertiary/aromatic N) is 5. The highest BCUT2D eigenvalue weighted by Gasteiger charge is 2.27. The molecule has 4 aromatic rings. The molecule has 11 heteroatoms. The lowest BCUT2D eigenvalue weighted by molar-refractivity contribution is 0.311. The van der Waals surface area contributed by atoms with E-state index in [1.165, 1.54) is 6.07 Å². The Morgan fingerprint density at radius 2 is 1.89 bits per heavy atom. The third kappa shape index (κ3) is 4.39. The molecule has 1 aliphatic heterocycles. The van der Waals surface area contributed by atoms with Crippen LogP contribution in [0.15, 0.2) is 28.8 Å². The van der Waals surface area contributed by atoms with E-state index in [4.69, 9.17) is 9.26 Å². The van der Waals surface area contributed by atoms with Crippen molar-refractivity contribution in [2.24, 2.45) is 0 Å². The van der Waals surface area contributed by atoms with Crippen LogP contribution in [0.3, 0.4) is 0 Å². The number of piperazine rings is 1. The topological polar surface area (TPSA) is 95.3 Å². The fraction of sp³-hybridized carbons (Fsp3) is 0.375. The van der Waals surface area contributed by atoms with E-state index in [2.05, 4.69) is 42.3 Å². The Labute approximate surface area is 200 Å². The molecule has 3 aromatic heterocycles. The van der Waals surface area contributed by atoms with Crippen LogP contribution in [0.5, 0.6) is 11.8 Å². The van der Waals surface area contributed by atoms with E-state index < -0.39 is 11.6 Å². The van der Waals surface area contributed by atoms with Crippen molar-refractivity contribution in [3.8, 4) is 11.8 Å². The molecule has 6 rings (SSSR count). The SMILES string of the molecule is Cc1cc2c(F)c(Oc3nc(Nc4cc(C5CC5)no4)cc(N4CCN(C)CC4)n3)cc(F)c2[nH]1. The maximum Gasteiger partial charge on any atom is 0.326 e. The zero-order chi connectivity index (χ0) is 24.1. The number of hydrogen-bond acceptors (Lipinski definition) is 8. The summed E-state index contributed by atoms with van der Waals surface area (Å²) in [7, 11) is 2.07. The Morgan fingerprint density at radius 1 is 1.09 bits per heavy atom. The minimum Gasteiger partial charge on any atom is -0.421 e. The average molecular weight is 482 g/mol. The number of nitrogens with one attached hydrogen (secondary N) is 2. The largest absolute Gasteiger partial charge is 0.421 e. The Bertz CT molecular complexity index is 1390. The van der Waals surface area contributed by atoms with Gasteiger partial charge in [-0.3, -0.25) is 0 Å². The molecule has 35 heavy (non-hydrogen) atoms. The van der Waals surface area contributed by atoms with E-state index in [1.54, 1.807) is 13.0 Å². The molecule has 1 aliphatic carbocycles. The van der Waals surface area contributed by atoms with Crippen molar-refractivity contribution in [1.82, 2.24) is 25.0 Å². The first-order valence-corrected chi connectivity index (χ1v) is 11.6. The Kier molecular flexibility index (Phi) is 5.28. The average Bonchev–Trinajstić information content (AvgIpc) is 3.45. The second-order valence-corrected chi connectivity index (χ2v) is 9.21. The molecule has 9 nitrogen and oxygen atoms in total. The summed E-state index contributed by atoms with van der Waals surface area (Å²) in [4.78, 5) is 16.1. The van der Waals surface area contributed by atoms with Crippen molar-refractivity contribution in [3.05, 3.63) is 47.3 Å². The Morgan fingerprint density at radius 3 is 2.66 bits per heavy atom. The van der Waals surface area contributed by atoms with Gasteiger partial charge in [0.25, 0.3) is 0 Å². The van der Waals surface area contributed by atoms with E-state index in [9.17, 15) is 4.39 Å². The lowest BCUT2D eigenvalue weighted by Crippen LogP contribution is -2.44. The van der Waals surface area contributed by atoms with Crippen molar-refractivity contribution in [3.63, 3.8) is 0 Å². The first kappa shape index (κ1) is 21.8. The molecule has 2 aliphatic rings. The van der Waals surface area contributed by atoms with E-state index in [-0.39, 0.29) is 22.7 Å². The predicted molar refractivity (Wildman–Crippen MR) is 127 cm³/mol. The van der Waals surface area contributed by atoms with Crippen molar-refractivity contribution < 1.29 is 18.0 Å². The number of aryl methyl sites for hydroxylation is 1. The maximum absolute atomic E-state index is 15.2. The smallest absolute Gasteiger partial charge is 0.326 e. The van der Waals surface area contributed by atoms with Gasteiger partial charge >= 0.3 is 6.01 Å². The molecule has 182 valence electrons. The van der Waals surface area contributed by atoms with Crippen LogP contribution in [0.4, 0.5) is 26.3 Å². The number of halogens is 2. The number of fused-ring (bicyclic) bond motifs is 1. The summed E-state index contributed by atoms with van der Waals surface area (Å²) in [5.41, 5.74) is 1.65. The number of aromatic nitrogens is 4. The van der Waals surface area contributed by atoms with Crippen LogP contribution in [0, 0.1) is 18.6 Å². The minimum absolute atomic E-state index is 0.0959. The highest BCUT2D eigenvalue weighted by Crippen LogP contribution is 2.40. The molecule has 4 heterocycles. The first-order chi connectivity index (χ1) is 16.9. The first-order valence-electron chi connectivity index (χ1n) is 11.6. The van der Waals surface area contributed by atoms with E-state index in [1.807, 2.05) is 6.07 Å². The van der Waals surface area contributed by atoms with Crippen LogP contribution in [0.25, 0.3) is 10.9 Å². The molecule has 0 radical (unpaired) electrons. The lowest BCUT2D eigenvalue weighted by atomic mass is 10.2. The molecular formula is C24H25F2N7O2. The van der Waals surface area contributed by atoms with Gasteiger partial charge in [-0.15, -0.1) is 0 Å². The van der Waals surface area contributed by atoms with Crippen LogP contribution >= 0.6 is 0 Å². The molecule has 1 saturated carbocycles. The van der Waals surface area contributed by atoms with Gasteiger partial charge in [-0.2, -0.15) is 9.97 Å². The summed E-state index contributed by atoms with van der Waals surface area (Å²) < 4.78 is 40.9. The number of anilines is 3. The summed E-state index contributed by atoms with van der Waals surface area (Å²) in [5.74, 6) is 0.331. The van der Waals surface area contributed by atoms with Gasteiger partial charge in [0.05, 0.1) is 11.2 Å². The molecule has 0 bridgehead atoms. The molecule has 0 amide bonds. The summed E-state index contributed by atoms with van der Waals surface area (Å²) in [6.07, 6.45) is 2.22. The van der Waals surface area contributed by atoms with Crippen LogP contribution in [-0.4, -0.2) is 58.2 Å². The monoisotopic (exact) mass is 481 g/mol. The van der Waals surface area contributed by atoms with Gasteiger partial charge in [0.1, 0.15) is 11.6 Å². The number of aromatic amines is 1. The number of likely N-dealkylation sites (N-methyl/N-ethyl adjacent to an activating group) is 1. The van der Waals surface area contributed by atoms with E-state index in [0.29, 0.717) is 29.1 Å². The Balaban J connectivity index is 1.34. The van der Waals surface area contributed by atoms with Gasteiger partial charge in [-0.05, 0) is 32.9 Å². The second kappa shape index (κ2) is 8.49. The third-order valence-electron chi connectivity index (χ3n) is 6.40. The van der Waals surface area contributed by atoms with Gasteiger partial charge in [0.2, 0.25) is 5.88 Å². The van der Waals surface area contributed by atoms with Crippen LogP contribution in [0.1, 0.15) is 30.1 Å². The minimum atomic E-state index is -0.682. The molecule has 0 atom stereocenters. The lowest BCUT2D eigenvalue weighted by Gasteiger charge is -2.33. The third-order valence-corrected chi connectivity index (χ3v) is 6.40. The standard InChI is InChI=1S/C24H25F2N7O2/c1-13-9-15-22(26)18(10-16(25)23(15)27-13)34-24-29-19(28-21-11-17(31-35-21)14-3-4-14)12-20(30-24)33-7-5-32(2)6-8-33/h9-12,14,27H,3-8H2,1-2H3,(H,28,29,30). The molecular weight excluding hydrogens is 456 g/mol. The van der Waals surface area contributed by atoms with Crippen molar-refractivity contribution in [2.45, 2.75) is 25.7 Å². The second-order valence-electron chi connectivity index (χ2n) is 9.21. The Hall–Kier alpha value is -3.73. The molecule has 1 saturated heterocycles. The van der Waals surface area contributed by atoms with Gasteiger partial charge in [0, 0.05) is 61.4 Å². The van der Waals surface area contributed by atoms with Crippen LogP contribution < -0.4 is 15.0 Å². The number of benzene rings is 1. The number of H-pyrrole nitrogens is 1. The summed E-state index contributed by atoms with van der Waals surface area (Å²) in [6.45, 7) is 5.01. The number of ether oxygens (including phenoxy) is 1. The molecule has 0 unspecified atom stereocenters. The van der Waals surface area contributed by atoms with Crippen LogP contribution in [-0.2, 0) is 0 Å². The normalized spacial score (nSPS) is 16.7. The van der Waals surface area contributed by atoms with Gasteiger partial charge < -0.3 is 29.4 Å². The van der Waals surface area contributed by atoms with Gasteiger partial charge in [0.15, 0.2) is 17.4 Å². The van der Waals surface area contributed by atoms with Crippen molar-refractivity contribution >= 4 is 28.4 Å². The number of hydrogen-bond donors (Lipinski definition) is 2. The molecule has 0 spiro atoms. The van der Waals surface area contributed by atoms with E-state index in [0.717, 1.165) is 50.8 Å². The van der Waals surface area contributed by atoms with Gasteiger partial charge in [-0.1, -0.05) is 5.16 Å². The summed E-state index contributed by atoms with van der Waals surface area (Å²) in [6, 6.07) is 6.08. The highest BCUT2D eigenvalue weighted by atomic mass is 19.1. The number of rotatable bonds is 6. The maximum atomic E-state index is 15.2.